The molecule has 1 saturated heterocycles. The Morgan fingerprint density at radius 1 is 1.29 bits per heavy atom. The van der Waals surface area contributed by atoms with Crippen LogP contribution in [-0.4, -0.2) is 55.1 Å². The molecule has 4 unspecified atom stereocenters. The van der Waals surface area contributed by atoms with Gasteiger partial charge in [0.25, 0.3) is 0 Å². The number of rotatable bonds is 6. The van der Waals surface area contributed by atoms with E-state index in [4.69, 9.17) is 5.73 Å². The van der Waals surface area contributed by atoms with Crippen LogP contribution < -0.4 is 5.73 Å². The van der Waals surface area contributed by atoms with E-state index >= 15 is 0 Å². The van der Waals surface area contributed by atoms with Crippen molar-refractivity contribution in [1.29, 1.82) is 0 Å². The van der Waals surface area contributed by atoms with Gasteiger partial charge >= 0.3 is 0 Å². The number of likely N-dealkylation sites (N-methyl/N-ethyl adjacent to an activating group) is 1. The van der Waals surface area contributed by atoms with Gasteiger partial charge in [-0.15, -0.1) is 0 Å². The first kappa shape index (κ1) is 14.9. The highest BCUT2D eigenvalue weighted by molar-refractivity contribution is 4.92. The molecule has 0 spiro atoms. The summed E-state index contributed by atoms with van der Waals surface area (Å²) in [5.74, 6) is 0.757. The second-order valence-electron chi connectivity index (χ2n) is 5.89. The highest BCUT2D eigenvalue weighted by Gasteiger charge is 2.35. The first-order valence-electron chi connectivity index (χ1n) is 7.17. The van der Waals surface area contributed by atoms with Crippen LogP contribution in [0.4, 0.5) is 0 Å². The third-order valence-corrected chi connectivity index (χ3v) is 4.27. The molecule has 3 heteroatoms. The molecule has 2 N–H and O–H groups in total. The first-order chi connectivity index (χ1) is 8.01. The minimum atomic E-state index is 0.345. The van der Waals surface area contributed by atoms with Crippen molar-refractivity contribution in [2.45, 2.75) is 58.2 Å². The number of likely N-dealkylation sites (tertiary alicyclic amines) is 1. The van der Waals surface area contributed by atoms with Crippen molar-refractivity contribution in [3.05, 3.63) is 0 Å². The molecule has 0 aliphatic carbocycles. The van der Waals surface area contributed by atoms with E-state index in [1.54, 1.807) is 0 Å². The molecular weight excluding hydrogens is 210 g/mol. The van der Waals surface area contributed by atoms with E-state index in [-0.39, 0.29) is 0 Å². The predicted octanol–water partition coefficient (Wildman–Crippen LogP) is 1.77. The number of nitrogens with two attached hydrogens (primary N) is 1. The molecule has 0 saturated carbocycles. The van der Waals surface area contributed by atoms with E-state index in [9.17, 15) is 0 Å². The topological polar surface area (TPSA) is 32.5 Å². The molecule has 4 atom stereocenters. The summed E-state index contributed by atoms with van der Waals surface area (Å²) in [7, 11) is 4.38. The Bertz CT molecular complexity index is 218. The normalized spacial score (nSPS) is 29.8. The van der Waals surface area contributed by atoms with E-state index < -0.39 is 0 Å². The minimum Gasteiger partial charge on any atom is -0.326 e. The summed E-state index contributed by atoms with van der Waals surface area (Å²) < 4.78 is 0. The van der Waals surface area contributed by atoms with Crippen LogP contribution >= 0.6 is 0 Å². The van der Waals surface area contributed by atoms with Gasteiger partial charge in [0.1, 0.15) is 0 Å². The second kappa shape index (κ2) is 6.72. The van der Waals surface area contributed by atoms with E-state index in [1.807, 2.05) is 0 Å². The zero-order valence-corrected chi connectivity index (χ0v) is 12.3. The van der Waals surface area contributed by atoms with E-state index in [2.05, 4.69) is 44.7 Å². The lowest BCUT2D eigenvalue weighted by molar-refractivity contribution is 0.181. The maximum Gasteiger partial charge on any atom is 0.0254 e. The smallest absolute Gasteiger partial charge is 0.0254 e. The van der Waals surface area contributed by atoms with Gasteiger partial charge in [0.2, 0.25) is 0 Å². The lowest BCUT2D eigenvalue weighted by Crippen LogP contribution is -2.47. The number of nitrogens with zero attached hydrogens (tertiary/aromatic N) is 2. The summed E-state index contributed by atoms with van der Waals surface area (Å²) in [6, 6.07) is 1.61. The van der Waals surface area contributed by atoms with Crippen LogP contribution in [-0.2, 0) is 0 Å². The first-order valence-corrected chi connectivity index (χ1v) is 7.17. The molecular formula is C14H31N3. The van der Waals surface area contributed by atoms with Gasteiger partial charge < -0.3 is 10.6 Å². The molecule has 0 aromatic rings. The Kier molecular flexibility index (Phi) is 5.90. The molecule has 102 valence electrons. The van der Waals surface area contributed by atoms with Crippen LogP contribution in [0.25, 0.3) is 0 Å². The SMILES string of the molecule is CCCC(N)C(CC)N1CC(C)C(N(C)C)C1. The van der Waals surface area contributed by atoms with Gasteiger partial charge in [0, 0.05) is 31.2 Å². The van der Waals surface area contributed by atoms with Gasteiger partial charge in [-0.25, -0.2) is 0 Å². The van der Waals surface area contributed by atoms with E-state index in [0.29, 0.717) is 18.1 Å². The maximum absolute atomic E-state index is 6.33. The number of hydrogen-bond acceptors (Lipinski definition) is 3. The molecule has 0 amide bonds. The van der Waals surface area contributed by atoms with Crippen molar-refractivity contribution in [1.82, 2.24) is 9.80 Å². The van der Waals surface area contributed by atoms with Crippen LogP contribution in [0, 0.1) is 5.92 Å². The highest BCUT2D eigenvalue weighted by Crippen LogP contribution is 2.24. The molecule has 1 aliphatic rings. The van der Waals surface area contributed by atoms with Gasteiger partial charge in [-0.1, -0.05) is 27.2 Å². The summed E-state index contributed by atoms with van der Waals surface area (Å²) in [6.45, 7) is 9.25. The van der Waals surface area contributed by atoms with Crippen molar-refractivity contribution < 1.29 is 0 Å². The zero-order valence-electron chi connectivity index (χ0n) is 12.3. The molecule has 0 aromatic carbocycles. The molecule has 3 nitrogen and oxygen atoms in total. The summed E-state index contributed by atoms with van der Waals surface area (Å²) >= 11 is 0. The van der Waals surface area contributed by atoms with Crippen LogP contribution in [0.2, 0.25) is 0 Å². The highest BCUT2D eigenvalue weighted by atomic mass is 15.3. The fourth-order valence-electron chi connectivity index (χ4n) is 3.29. The predicted molar refractivity (Wildman–Crippen MR) is 75.2 cm³/mol. The Morgan fingerprint density at radius 2 is 1.94 bits per heavy atom. The molecule has 17 heavy (non-hydrogen) atoms. The standard InChI is InChI=1S/C14H31N3/c1-6-8-12(15)13(7-2)17-9-11(3)14(10-17)16(4)5/h11-14H,6-10,15H2,1-5H3. The maximum atomic E-state index is 6.33. The Hall–Kier alpha value is -0.120. The number of hydrogen-bond donors (Lipinski definition) is 1. The molecule has 1 fully saturated rings. The summed E-state index contributed by atoms with van der Waals surface area (Å²) in [4.78, 5) is 4.98. The van der Waals surface area contributed by atoms with E-state index in [0.717, 1.165) is 12.3 Å². The van der Waals surface area contributed by atoms with Crippen LogP contribution in [0.1, 0.15) is 40.0 Å². The van der Waals surface area contributed by atoms with Crippen molar-refractivity contribution in [2.75, 3.05) is 27.2 Å². The zero-order chi connectivity index (χ0) is 13.0. The molecule has 1 aliphatic heterocycles. The Balaban J connectivity index is 2.60. The van der Waals surface area contributed by atoms with Crippen molar-refractivity contribution in [2.24, 2.45) is 11.7 Å². The largest absolute Gasteiger partial charge is 0.326 e. The monoisotopic (exact) mass is 241 g/mol. The molecule has 0 bridgehead atoms. The molecule has 0 aromatic heterocycles. The average molecular weight is 241 g/mol. The fourth-order valence-corrected chi connectivity index (χ4v) is 3.29. The third-order valence-electron chi connectivity index (χ3n) is 4.27. The van der Waals surface area contributed by atoms with Gasteiger partial charge in [-0.05, 0) is 32.9 Å². The van der Waals surface area contributed by atoms with Gasteiger partial charge in [-0.3, -0.25) is 4.90 Å². The van der Waals surface area contributed by atoms with Gasteiger partial charge in [-0.2, -0.15) is 0 Å². The van der Waals surface area contributed by atoms with Crippen LogP contribution in [0.15, 0.2) is 0 Å². The van der Waals surface area contributed by atoms with Crippen LogP contribution in [0.3, 0.4) is 0 Å². The molecule has 1 rings (SSSR count). The van der Waals surface area contributed by atoms with Crippen molar-refractivity contribution in [3.63, 3.8) is 0 Å². The lowest BCUT2D eigenvalue weighted by Gasteiger charge is -2.32. The fraction of sp³-hybridized carbons (Fsp3) is 1.00. The minimum absolute atomic E-state index is 0.345. The summed E-state index contributed by atoms with van der Waals surface area (Å²) in [5.41, 5.74) is 6.33. The summed E-state index contributed by atoms with van der Waals surface area (Å²) in [5, 5.41) is 0. The Labute approximate surface area is 107 Å². The molecule has 0 radical (unpaired) electrons. The molecule has 1 heterocycles. The summed E-state index contributed by atoms with van der Waals surface area (Å²) in [6.07, 6.45) is 3.52. The quantitative estimate of drug-likeness (QED) is 0.769. The van der Waals surface area contributed by atoms with E-state index in [1.165, 1.54) is 25.9 Å². The third kappa shape index (κ3) is 3.67. The van der Waals surface area contributed by atoms with Gasteiger partial charge in [0.15, 0.2) is 0 Å². The lowest BCUT2D eigenvalue weighted by atomic mass is 10.0. The van der Waals surface area contributed by atoms with Crippen LogP contribution in [0.5, 0.6) is 0 Å². The van der Waals surface area contributed by atoms with Crippen molar-refractivity contribution >= 4 is 0 Å². The van der Waals surface area contributed by atoms with Crippen molar-refractivity contribution in [3.8, 4) is 0 Å². The second-order valence-corrected chi connectivity index (χ2v) is 5.89. The van der Waals surface area contributed by atoms with Gasteiger partial charge in [0.05, 0.1) is 0 Å². The average Bonchev–Trinajstić information content (AvgIpc) is 2.62. The Morgan fingerprint density at radius 3 is 2.35 bits per heavy atom.